The highest BCUT2D eigenvalue weighted by molar-refractivity contribution is 6.13. The zero-order valence-corrected chi connectivity index (χ0v) is 10.2. The van der Waals surface area contributed by atoms with Gasteiger partial charge in [0.2, 0.25) is 0 Å². The van der Waals surface area contributed by atoms with Gasteiger partial charge in [0.05, 0.1) is 6.26 Å². The molecule has 0 aliphatic rings. The van der Waals surface area contributed by atoms with Crippen molar-refractivity contribution >= 4 is 16.6 Å². The van der Waals surface area contributed by atoms with E-state index in [1.165, 1.54) is 0 Å². The molecule has 0 unspecified atom stereocenters. The average Bonchev–Trinajstić information content (AvgIpc) is 2.99. The molecule has 0 aliphatic carbocycles. The largest absolute Gasteiger partial charge is 0.464 e. The fraction of sp³-hybridized carbons (Fsp3) is 0.0625. The predicted octanol–water partition coefficient (Wildman–Crippen LogP) is 3.27. The Kier molecular flexibility index (Phi) is 2.89. The molecule has 0 saturated heterocycles. The molecule has 2 aromatic carbocycles. The summed E-state index contributed by atoms with van der Waals surface area (Å²) in [7, 11) is 0. The molecule has 1 heterocycles. The molecule has 3 nitrogen and oxygen atoms in total. The van der Waals surface area contributed by atoms with Gasteiger partial charge in [-0.1, -0.05) is 30.3 Å². The van der Waals surface area contributed by atoms with Crippen molar-refractivity contribution in [2.75, 3.05) is 6.61 Å². The van der Waals surface area contributed by atoms with Gasteiger partial charge in [0.25, 0.3) is 0 Å². The quantitative estimate of drug-likeness (QED) is 0.728. The molecule has 0 bridgehead atoms. The maximum absolute atomic E-state index is 12.1. The summed E-state index contributed by atoms with van der Waals surface area (Å²) in [5.74, 6) is 0.325. The highest BCUT2D eigenvalue weighted by Gasteiger charge is 2.17. The molecule has 19 heavy (non-hydrogen) atoms. The third-order valence-electron chi connectivity index (χ3n) is 3.14. The molecule has 0 amide bonds. The van der Waals surface area contributed by atoms with E-state index in [-0.39, 0.29) is 5.78 Å². The van der Waals surface area contributed by atoms with Crippen LogP contribution in [0, 0.1) is 0 Å². The summed E-state index contributed by atoms with van der Waals surface area (Å²) in [5, 5.41) is 11.0. The number of furan rings is 1. The standard InChI is InChI=1S/C16H12O3/c17-10-14(18)16-12-5-2-1-4-11(12)7-8-13(16)15-6-3-9-19-15/h1-9,17H,10H2. The van der Waals surface area contributed by atoms with E-state index in [4.69, 9.17) is 4.42 Å². The zero-order valence-electron chi connectivity index (χ0n) is 10.2. The number of hydrogen-bond donors (Lipinski definition) is 1. The first kappa shape index (κ1) is 11.7. The monoisotopic (exact) mass is 252 g/mol. The Bertz CT molecular complexity index is 727. The minimum absolute atomic E-state index is 0.303. The summed E-state index contributed by atoms with van der Waals surface area (Å²) in [6.45, 7) is -0.512. The SMILES string of the molecule is O=C(CO)c1c(-c2ccco2)ccc2ccccc12. The number of ketones is 1. The molecule has 1 aromatic heterocycles. The normalized spacial score (nSPS) is 10.8. The Balaban J connectivity index is 2.36. The minimum atomic E-state index is -0.512. The Hall–Kier alpha value is -2.39. The minimum Gasteiger partial charge on any atom is -0.464 e. The number of hydrogen-bond acceptors (Lipinski definition) is 3. The van der Waals surface area contributed by atoms with Gasteiger partial charge in [0.1, 0.15) is 12.4 Å². The van der Waals surface area contributed by atoms with Crippen molar-refractivity contribution < 1.29 is 14.3 Å². The van der Waals surface area contributed by atoms with Crippen molar-refractivity contribution in [3.8, 4) is 11.3 Å². The van der Waals surface area contributed by atoms with E-state index < -0.39 is 6.61 Å². The van der Waals surface area contributed by atoms with E-state index in [1.54, 1.807) is 18.4 Å². The molecule has 0 aliphatic heterocycles. The number of Topliss-reactive ketones (excluding diaryl/α,β-unsaturated/α-hetero) is 1. The zero-order chi connectivity index (χ0) is 13.2. The molecule has 3 heteroatoms. The van der Waals surface area contributed by atoms with Crippen LogP contribution in [0.25, 0.3) is 22.1 Å². The van der Waals surface area contributed by atoms with Crippen LogP contribution in [0.1, 0.15) is 10.4 Å². The van der Waals surface area contributed by atoms with Gasteiger partial charge in [-0.2, -0.15) is 0 Å². The van der Waals surface area contributed by atoms with Gasteiger partial charge in [-0.25, -0.2) is 0 Å². The lowest BCUT2D eigenvalue weighted by molar-refractivity contribution is 0.0906. The smallest absolute Gasteiger partial charge is 0.189 e. The van der Waals surface area contributed by atoms with Crippen molar-refractivity contribution in [2.45, 2.75) is 0 Å². The van der Waals surface area contributed by atoms with Crippen molar-refractivity contribution in [1.82, 2.24) is 0 Å². The van der Waals surface area contributed by atoms with E-state index in [0.29, 0.717) is 16.9 Å². The van der Waals surface area contributed by atoms with Crippen LogP contribution in [0.3, 0.4) is 0 Å². The van der Waals surface area contributed by atoms with Crippen LogP contribution in [-0.2, 0) is 0 Å². The molecular weight excluding hydrogens is 240 g/mol. The molecule has 94 valence electrons. The summed E-state index contributed by atoms with van der Waals surface area (Å²) in [5.41, 5.74) is 1.22. The Labute approximate surface area is 110 Å². The van der Waals surface area contributed by atoms with Crippen molar-refractivity contribution in [3.05, 3.63) is 60.4 Å². The van der Waals surface area contributed by atoms with Gasteiger partial charge in [0.15, 0.2) is 5.78 Å². The Morgan fingerprint density at radius 1 is 1.05 bits per heavy atom. The maximum Gasteiger partial charge on any atom is 0.189 e. The van der Waals surface area contributed by atoms with Gasteiger partial charge in [0, 0.05) is 11.1 Å². The first-order valence-corrected chi connectivity index (χ1v) is 6.01. The van der Waals surface area contributed by atoms with Gasteiger partial charge < -0.3 is 9.52 Å². The van der Waals surface area contributed by atoms with Crippen LogP contribution in [-0.4, -0.2) is 17.5 Å². The Morgan fingerprint density at radius 3 is 2.63 bits per heavy atom. The topological polar surface area (TPSA) is 50.4 Å². The highest BCUT2D eigenvalue weighted by atomic mass is 16.3. The lowest BCUT2D eigenvalue weighted by Gasteiger charge is -2.09. The molecular formula is C16H12O3. The van der Waals surface area contributed by atoms with Crippen LogP contribution in [0.5, 0.6) is 0 Å². The molecule has 0 atom stereocenters. The van der Waals surface area contributed by atoms with Gasteiger partial charge >= 0.3 is 0 Å². The maximum atomic E-state index is 12.1. The first-order valence-electron chi connectivity index (χ1n) is 6.01. The number of benzene rings is 2. The number of fused-ring (bicyclic) bond motifs is 1. The van der Waals surface area contributed by atoms with Crippen LogP contribution >= 0.6 is 0 Å². The second-order valence-electron chi connectivity index (χ2n) is 4.27. The van der Waals surface area contributed by atoms with E-state index in [0.717, 1.165) is 10.8 Å². The molecule has 0 radical (unpaired) electrons. The number of carbonyl (C=O) groups is 1. The van der Waals surface area contributed by atoms with Crippen LogP contribution in [0.4, 0.5) is 0 Å². The highest BCUT2D eigenvalue weighted by Crippen LogP contribution is 2.30. The summed E-state index contributed by atoms with van der Waals surface area (Å²) in [4.78, 5) is 12.1. The van der Waals surface area contributed by atoms with Crippen LogP contribution < -0.4 is 0 Å². The number of carbonyl (C=O) groups excluding carboxylic acids is 1. The van der Waals surface area contributed by atoms with Crippen molar-refractivity contribution in [2.24, 2.45) is 0 Å². The van der Waals surface area contributed by atoms with Crippen LogP contribution in [0.15, 0.2) is 59.2 Å². The molecule has 0 fully saturated rings. The third-order valence-corrected chi connectivity index (χ3v) is 3.14. The first-order chi connectivity index (χ1) is 9.31. The second-order valence-corrected chi connectivity index (χ2v) is 4.27. The van der Waals surface area contributed by atoms with Crippen molar-refractivity contribution in [1.29, 1.82) is 0 Å². The number of rotatable bonds is 3. The van der Waals surface area contributed by atoms with Crippen LogP contribution in [0.2, 0.25) is 0 Å². The molecule has 3 rings (SSSR count). The fourth-order valence-corrected chi connectivity index (χ4v) is 2.29. The van der Waals surface area contributed by atoms with E-state index in [9.17, 15) is 9.90 Å². The van der Waals surface area contributed by atoms with Gasteiger partial charge in [-0.05, 0) is 29.0 Å². The summed E-state index contributed by atoms with van der Waals surface area (Å²) in [6, 6.07) is 15.0. The molecule has 0 saturated carbocycles. The third kappa shape index (κ3) is 1.94. The summed E-state index contributed by atoms with van der Waals surface area (Å²) < 4.78 is 5.37. The van der Waals surface area contributed by atoms with E-state index >= 15 is 0 Å². The fourth-order valence-electron chi connectivity index (χ4n) is 2.29. The second kappa shape index (κ2) is 4.71. The molecule has 1 N–H and O–H groups in total. The number of aliphatic hydroxyl groups is 1. The molecule has 0 spiro atoms. The van der Waals surface area contributed by atoms with Gasteiger partial charge in [-0.3, -0.25) is 4.79 Å². The van der Waals surface area contributed by atoms with Crippen molar-refractivity contribution in [3.63, 3.8) is 0 Å². The predicted molar refractivity (Wildman–Crippen MR) is 73.1 cm³/mol. The lowest BCUT2D eigenvalue weighted by atomic mass is 9.95. The summed E-state index contributed by atoms with van der Waals surface area (Å²) in [6.07, 6.45) is 1.57. The summed E-state index contributed by atoms with van der Waals surface area (Å²) >= 11 is 0. The van der Waals surface area contributed by atoms with Gasteiger partial charge in [-0.15, -0.1) is 0 Å². The lowest BCUT2D eigenvalue weighted by Crippen LogP contribution is -2.07. The number of aliphatic hydroxyl groups excluding tert-OH is 1. The Morgan fingerprint density at radius 2 is 1.89 bits per heavy atom. The van der Waals surface area contributed by atoms with E-state index in [2.05, 4.69) is 0 Å². The average molecular weight is 252 g/mol. The molecule has 3 aromatic rings. The van der Waals surface area contributed by atoms with E-state index in [1.807, 2.05) is 36.4 Å².